The fourth-order valence-corrected chi connectivity index (χ4v) is 2.46. The first-order valence-electron chi connectivity index (χ1n) is 5.22. The van der Waals surface area contributed by atoms with Crippen molar-refractivity contribution in [1.29, 1.82) is 0 Å². The summed E-state index contributed by atoms with van der Waals surface area (Å²) in [6.07, 6.45) is 0. The third-order valence-electron chi connectivity index (χ3n) is 1.88. The Kier molecular flexibility index (Phi) is 5.09. The molecule has 0 aliphatic carbocycles. The van der Waals surface area contributed by atoms with E-state index in [1.165, 1.54) is 0 Å². The second-order valence-electron chi connectivity index (χ2n) is 4.69. The van der Waals surface area contributed by atoms with E-state index in [1.54, 1.807) is 11.3 Å². The first-order chi connectivity index (χ1) is 6.97. The average Bonchev–Trinajstić information content (AvgIpc) is 2.62. The Bertz CT molecular complexity index is 265. The summed E-state index contributed by atoms with van der Waals surface area (Å²) in [6.45, 7) is 9.88. The summed E-state index contributed by atoms with van der Waals surface area (Å²) in [5.74, 6) is 1.15. The number of aromatic nitrogens is 1. The Hall–Kier alpha value is -0.0600. The van der Waals surface area contributed by atoms with Crippen LogP contribution in [0.15, 0.2) is 10.9 Å². The molecule has 0 radical (unpaired) electrons. The van der Waals surface area contributed by atoms with E-state index in [2.05, 4.69) is 43.4 Å². The van der Waals surface area contributed by atoms with Crippen molar-refractivity contribution >= 4 is 23.1 Å². The number of thiazole rings is 1. The average molecular weight is 244 g/mol. The summed E-state index contributed by atoms with van der Waals surface area (Å²) in [5, 5.41) is 5.57. The SMILES string of the molecule is C[C@H](CSC(C)(C)C)NCc1cscn1. The van der Waals surface area contributed by atoms with E-state index in [0.717, 1.165) is 18.0 Å². The summed E-state index contributed by atoms with van der Waals surface area (Å²) in [7, 11) is 0. The van der Waals surface area contributed by atoms with Crippen LogP contribution in [0, 0.1) is 0 Å². The third-order valence-corrected chi connectivity index (χ3v) is 4.05. The number of rotatable bonds is 5. The first kappa shape index (κ1) is 13.0. The summed E-state index contributed by atoms with van der Waals surface area (Å²) in [5.41, 5.74) is 3.03. The van der Waals surface area contributed by atoms with Gasteiger partial charge in [0.2, 0.25) is 0 Å². The predicted octanol–water partition coefficient (Wildman–Crippen LogP) is 3.15. The molecule has 1 rings (SSSR count). The van der Waals surface area contributed by atoms with Crippen molar-refractivity contribution in [1.82, 2.24) is 10.3 Å². The molecule has 0 fully saturated rings. The van der Waals surface area contributed by atoms with Crippen LogP contribution < -0.4 is 5.32 Å². The van der Waals surface area contributed by atoms with Gasteiger partial charge >= 0.3 is 0 Å². The maximum atomic E-state index is 4.25. The van der Waals surface area contributed by atoms with Crippen molar-refractivity contribution in [3.63, 3.8) is 0 Å². The number of hydrogen-bond donors (Lipinski definition) is 1. The van der Waals surface area contributed by atoms with Crippen LogP contribution >= 0.6 is 23.1 Å². The van der Waals surface area contributed by atoms with E-state index in [0.29, 0.717) is 10.8 Å². The molecular formula is C11H20N2S2. The van der Waals surface area contributed by atoms with Crippen LogP contribution in [0.1, 0.15) is 33.4 Å². The molecule has 4 heteroatoms. The van der Waals surface area contributed by atoms with Gasteiger partial charge in [0.25, 0.3) is 0 Å². The predicted molar refractivity (Wildman–Crippen MR) is 70.6 cm³/mol. The molecular weight excluding hydrogens is 224 g/mol. The van der Waals surface area contributed by atoms with Crippen molar-refractivity contribution in [2.45, 2.75) is 45.0 Å². The summed E-state index contributed by atoms with van der Waals surface area (Å²) < 4.78 is 0.358. The lowest BCUT2D eigenvalue weighted by molar-refractivity contribution is 0.587. The smallest absolute Gasteiger partial charge is 0.0795 e. The van der Waals surface area contributed by atoms with Gasteiger partial charge in [0, 0.05) is 28.5 Å². The van der Waals surface area contributed by atoms with E-state index in [4.69, 9.17) is 0 Å². The number of nitrogens with zero attached hydrogens (tertiary/aromatic N) is 1. The van der Waals surface area contributed by atoms with Gasteiger partial charge in [-0.05, 0) is 6.92 Å². The van der Waals surface area contributed by atoms with Crippen LogP contribution in [0.5, 0.6) is 0 Å². The van der Waals surface area contributed by atoms with Crippen molar-refractivity contribution in [3.8, 4) is 0 Å². The minimum Gasteiger partial charge on any atom is -0.308 e. The molecule has 0 spiro atoms. The van der Waals surface area contributed by atoms with E-state index < -0.39 is 0 Å². The zero-order valence-electron chi connectivity index (χ0n) is 9.91. The zero-order chi connectivity index (χ0) is 11.3. The van der Waals surface area contributed by atoms with Crippen LogP contribution in [0.2, 0.25) is 0 Å². The van der Waals surface area contributed by atoms with Crippen LogP contribution in [-0.2, 0) is 6.54 Å². The molecule has 0 aliphatic heterocycles. The van der Waals surface area contributed by atoms with E-state index in [9.17, 15) is 0 Å². The zero-order valence-corrected chi connectivity index (χ0v) is 11.5. The highest BCUT2D eigenvalue weighted by atomic mass is 32.2. The molecule has 15 heavy (non-hydrogen) atoms. The van der Waals surface area contributed by atoms with Gasteiger partial charge in [-0.3, -0.25) is 0 Å². The topological polar surface area (TPSA) is 24.9 Å². The Morgan fingerprint density at radius 1 is 1.53 bits per heavy atom. The van der Waals surface area contributed by atoms with Crippen LogP contribution in [0.25, 0.3) is 0 Å². The molecule has 0 unspecified atom stereocenters. The lowest BCUT2D eigenvalue weighted by atomic mass is 10.3. The molecule has 0 saturated heterocycles. The fraction of sp³-hybridized carbons (Fsp3) is 0.727. The van der Waals surface area contributed by atoms with Crippen molar-refractivity contribution < 1.29 is 0 Å². The molecule has 1 aromatic rings. The lowest BCUT2D eigenvalue weighted by Gasteiger charge is -2.21. The van der Waals surface area contributed by atoms with E-state index >= 15 is 0 Å². The number of thioether (sulfide) groups is 1. The molecule has 0 aromatic carbocycles. The maximum absolute atomic E-state index is 4.25. The van der Waals surface area contributed by atoms with Crippen molar-refractivity contribution in [3.05, 3.63) is 16.6 Å². The molecule has 86 valence electrons. The van der Waals surface area contributed by atoms with Crippen LogP contribution in [0.3, 0.4) is 0 Å². The molecule has 0 saturated carbocycles. The lowest BCUT2D eigenvalue weighted by Crippen LogP contribution is -2.29. The molecule has 0 amide bonds. The minimum atomic E-state index is 0.358. The number of hydrogen-bond acceptors (Lipinski definition) is 4. The van der Waals surface area contributed by atoms with E-state index in [1.807, 2.05) is 17.3 Å². The second-order valence-corrected chi connectivity index (χ2v) is 7.25. The van der Waals surface area contributed by atoms with Gasteiger partial charge in [-0.15, -0.1) is 11.3 Å². The monoisotopic (exact) mass is 244 g/mol. The van der Waals surface area contributed by atoms with Gasteiger partial charge < -0.3 is 5.32 Å². The highest BCUT2D eigenvalue weighted by Gasteiger charge is 2.12. The highest BCUT2D eigenvalue weighted by Crippen LogP contribution is 2.23. The molecule has 2 nitrogen and oxygen atoms in total. The quantitative estimate of drug-likeness (QED) is 0.861. The van der Waals surface area contributed by atoms with Gasteiger partial charge in [0.15, 0.2) is 0 Å². The van der Waals surface area contributed by atoms with Crippen molar-refractivity contribution in [2.24, 2.45) is 0 Å². The standard InChI is InChI=1S/C11H20N2S2/c1-9(6-15-11(2,3)4)12-5-10-7-14-8-13-10/h7-9,12H,5-6H2,1-4H3/t9-/m1/s1. The van der Waals surface area contributed by atoms with Crippen LogP contribution in [-0.4, -0.2) is 21.5 Å². The molecule has 1 N–H and O–H groups in total. The third kappa shape index (κ3) is 6.17. The maximum Gasteiger partial charge on any atom is 0.0795 e. The molecule has 1 aromatic heterocycles. The fourth-order valence-electron chi connectivity index (χ4n) is 1.04. The molecule has 1 atom stereocenters. The normalized spacial score (nSPS) is 14.1. The Labute approximate surface area is 101 Å². The molecule has 0 bridgehead atoms. The Morgan fingerprint density at radius 3 is 2.80 bits per heavy atom. The summed E-state index contributed by atoms with van der Waals surface area (Å²) in [6, 6.07) is 0.538. The van der Waals surface area contributed by atoms with Gasteiger partial charge in [-0.1, -0.05) is 20.8 Å². The molecule has 0 aliphatic rings. The van der Waals surface area contributed by atoms with Gasteiger partial charge in [-0.2, -0.15) is 11.8 Å². The largest absolute Gasteiger partial charge is 0.308 e. The van der Waals surface area contributed by atoms with Gasteiger partial charge in [-0.25, -0.2) is 4.98 Å². The second kappa shape index (κ2) is 5.87. The molecule has 1 heterocycles. The number of nitrogens with one attached hydrogen (secondary N) is 1. The first-order valence-corrected chi connectivity index (χ1v) is 7.14. The Morgan fingerprint density at radius 2 is 2.27 bits per heavy atom. The Balaban J connectivity index is 2.16. The van der Waals surface area contributed by atoms with Gasteiger partial charge in [0.05, 0.1) is 11.2 Å². The van der Waals surface area contributed by atoms with Crippen molar-refractivity contribution in [2.75, 3.05) is 5.75 Å². The summed E-state index contributed by atoms with van der Waals surface area (Å²) in [4.78, 5) is 4.25. The summed E-state index contributed by atoms with van der Waals surface area (Å²) >= 11 is 3.65. The van der Waals surface area contributed by atoms with Gasteiger partial charge in [0.1, 0.15) is 0 Å². The van der Waals surface area contributed by atoms with Crippen LogP contribution in [0.4, 0.5) is 0 Å². The minimum absolute atomic E-state index is 0.358. The van der Waals surface area contributed by atoms with E-state index in [-0.39, 0.29) is 0 Å². The highest BCUT2D eigenvalue weighted by molar-refractivity contribution is 8.00.